The Hall–Kier alpha value is -0.930. The lowest BCUT2D eigenvalue weighted by atomic mass is 9.89. The summed E-state index contributed by atoms with van der Waals surface area (Å²) in [5, 5.41) is 3.42. The topological polar surface area (TPSA) is 28.2 Å². The molecule has 21 heavy (non-hydrogen) atoms. The molecule has 1 aromatic heterocycles. The molecule has 0 unspecified atom stereocenters. The van der Waals surface area contributed by atoms with Crippen molar-refractivity contribution in [3.8, 4) is 0 Å². The van der Waals surface area contributed by atoms with Crippen molar-refractivity contribution in [2.75, 3.05) is 20.1 Å². The van der Waals surface area contributed by atoms with Crippen LogP contribution in [0.5, 0.6) is 0 Å². The van der Waals surface area contributed by atoms with Crippen molar-refractivity contribution in [2.45, 2.75) is 58.5 Å². The molecule has 1 aliphatic rings. The SMILES string of the molecule is CCCNCc1cccc(CN(C)CC2CCCCC2)n1. The minimum atomic E-state index is 0.883. The summed E-state index contributed by atoms with van der Waals surface area (Å²) in [7, 11) is 2.23. The van der Waals surface area contributed by atoms with E-state index >= 15 is 0 Å². The molecule has 1 aliphatic carbocycles. The second kappa shape index (κ2) is 9.16. The lowest BCUT2D eigenvalue weighted by Crippen LogP contribution is -2.27. The molecule has 0 aliphatic heterocycles. The quantitative estimate of drug-likeness (QED) is 0.741. The summed E-state index contributed by atoms with van der Waals surface area (Å²) in [6.07, 6.45) is 8.29. The van der Waals surface area contributed by atoms with Gasteiger partial charge in [-0.05, 0) is 50.9 Å². The van der Waals surface area contributed by atoms with E-state index in [4.69, 9.17) is 4.98 Å². The second-order valence-corrected chi connectivity index (χ2v) is 6.50. The summed E-state index contributed by atoms with van der Waals surface area (Å²) in [6, 6.07) is 6.41. The molecule has 3 nitrogen and oxygen atoms in total. The Morgan fingerprint density at radius 2 is 1.95 bits per heavy atom. The van der Waals surface area contributed by atoms with Crippen LogP contribution in [0.1, 0.15) is 56.8 Å². The highest BCUT2D eigenvalue weighted by Crippen LogP contribution is 2.24. The molecule has 0 spiro atoms. The largest absolute Gasteiger partial charge is 0.311 e. The Bertz CT molecular complexity index is 399. The summed E-state index contributed by atoms with van der Waals surface area (Å²) in [5.74, 6) is 0.901. The van der Waals surface area contributed by atoms with E-state index in [1.54, 1.807) is 0 Å². The first-order valence-corrected chi connectivity index (χ1v) is 8.62. The first kappa shape index (κ1) is 16.4. The number of nitrogens with zero attached hydrogens (tertiary/aromatic N) is 2. The Morgan fingerprint density at radius 3 is 2.71 bits per heavy atom. The molecule has 0 radical (unpaired) electrons. The van der Waals surface area contributed by atoms with Crippen LogP contribution in [0.25, 0.3) is 0 Å². The Balaban J connectivity index is 1.79. The lowest BCUT2D eigenvalue weighted by Gasteiger charge is -2.26. The van der Waals surface area contributed by atoms with E-state index in [0.717, 1.165) is 31.2 Å². The van der Waals surface area contributed by atoms with E-state index < -0.39 is 0 Å². The molecule has 1 saturated carbocycles. The third-order valence-electron chi connectivity index (χ3n) is 4.32. The summed E-state index contributed by atoms with van der Waals surface area (Å²) in [5.41, 5.74) is 2.36. The van der Waals surface area contributed by atoms with Crippen molar-refractivity contribution in [1.29, 1.82) is 0 Å². The summed E-state index contributed by atoms with van der Waals surface area (Å²) in [6.45, 7) is 6.33. The number of hydrogen-bond acceptors (Lipinski definition) is 3. The third-order valence-corrected chi connectivity index (χ3v) is 4.32. The molecule has 3 heteroatoms. The van der Waals surface area contributed by atoms with Gasteiger partial charge in [-0.1, -0.05) is 32.3 Å². The molecule has 1 N–H and O–H groups in total. The van der Waals surface area contributed by atoms with Crippen molar-refractivity contribution >= 4 is 0 Å². The molecule has 0 saturated heterocycles. The zero-order valence-corrected chi connectivity index (χ0v) is 13.8. The van der Waals surface area contributed by atoms with Gasteiger partial charge in [0, 0.05) is 19.6 Å². The van der Waals surface area contributed by atoms with E-state index in [1.807, 2.05) is 0 Å². The molecule has 1 fully saturated rings. The second-order valence-electron chi connectivity index (χ2n) is 6.50. The first-order valence-electron chi connectivity index (χ1n) is 8.62. The fraction of sp³-hybridized carbons (Fsp3) is 0.722. The molecule has 1 aromatic rings. The van der Waals surface area contributed by atoms with Crippen LogP contribution >= 0.6 is 0 Å². The van der Waals surface area contributed by atoms with Crippen molar-refractivity contribution in [3.63, 3.8) is 0 Å². The monoisotopic (exact) mass is 289 g/mol. The maximum absolute atomic E-state index is 4.77. The van der Waals surface area contributed by atoms with E-state index in [9.17, 15) is 0 Å². The van der Waals surface area contributed by atoms with Gasteiger partial charge in [-0.15, -0.1) is 0 Å². The Morgan fingerprint density at radius 1 is 1.19 bits per heavy atom. The van der Waals surface area contributed by atoms with E-state index in [0.29, 0.717) is 0 Å². The van der Waals surface area contributed by atoms with Gasteiger partial charge in [-0.2, -0.15) is 0 Å². The van der Waals surface area contributed by atoms with Crippen molar-refractivity contribution in [1.82, 2.24) is 15.2 Å². The fourth-order valence-electron chi connectivity index (χ4n) is 3.26. The van der Waals surface area contributed by atoms with E-state index in [1.165, 1.54) is 50.8 Å². The molecule has 0 amide bonds. The third kappa shape index (κ3) is 6.15. The molecule has 1 heterocycles. The molecule has 118 valence electrons. The van der Waals surface area contributed by atoms with Gasteiger partial charge in [0.25, 0.3) is 0 Å². The molecule has 0 aromatic carbocycles. The van der Waals surface area contributed by atoms with Crippen LogP contribution in [0.4, 0.5) is 0 Å². The van der Waals surface area contributed by atoms with Crippen molar-refractivity contribution in [2.24, 2.45) is 5.92 Å². The Labute approximate surface area is 130 Å². The number of hydrogen-bond donors (Lipinski definition) is 1. The minimum absolute atomic E-state index is 0.883. The highest BCUT2D eigenvalue weighted by Gasteiger charge is 2.15. The van der Waals surface area contributed by atoms with Gasteiger partial charge in [0.05, 0.1) is 11.4 Å². The normalized spacial score (nSPS) is 16.5. The summed E-state index contributed by atoms with van der Waals surface area (Å²) in [4.78, 5) is 7.22. The van der Waals surface area contributed by atoms with Crippen LogP contribution < -0.4 is 5.32 Å². The number of aromatic nitrogens is 1. The smallest absolute Gasteiger partial charge is 0.0547 e. The molecule has 0 atom stereocenters. The summed E-state index contributed by atoms with van der Waals surface area (Å²) < 4.78 is 0. The summed E-state index contributed by atoms with van der Waals surface area (Å²) >= 11 is 0. The standard InChI is InChI=1S/C18H31N3/c1-3-12-19-13-17-10-7-11-18(20-17)15-21(2)14-16-8-5-4-6-9-16/h7,10-11,16,19H,3-6,8-9,12-15H2,1-2H3. The maximum Gasteiger partial charge on any atom is 0.0547 e. The molecule has 0 bridgehead atoms. The van der Waals surface area contributed by atoms with Crippen LogP contribution in [0.15, 0.2) is 18.2 Å². The van der Waals surface area contributed by atoms with E-state index in [2.05, 4.69) is 42.4 Å². The Kier molecular flexibility index (Phi) is 7.17. The van der Waals surface area contributed by atoms with Gasteiger partial charge in [-0.25, -0.2) is 0 Å². The average molecular weight is 289 g/mol. The van der Waals surface area contributed by atoms with Gasteiger partial charge in [0.2, 0.25) is 0 Å². The van der Waals surface area contributed by atoms with Crippen LogP contribution in [-0.4, -0.2) is 30.0 Å². The first-order chi connectivity index (χ1) is 10.3. The number of nitrogens with one attached hydrogen (secondary N) is 1. The highest BCUT2D eigenvalue weighted by molar-refractivity contribution is 5.11. The lowest BCUT2D eigenvalue weighted by molar-refractivity contribution is 0.226. The number of pyridine rings is 1. The zero-order valence-electron chi connectivity index (χ0n) is 13.8. The minimum Gasteiger partial charge on any atom is -0.311 e. The van der Waals surface area contributed by atoms with Crippen LogP contribution in [0.2, 0.25) is 0 Å². The van der Waals surface area contributed by atoms with Crippen LogP contribution in [0, 0.1) is 5.92 Å². The number of rotatable bonds is 8. The zero-order chi connectivity index (χ0) is 14.9. The van der Waals surface area contributed by atoms with Gasteiger partial charge >= 0.3 is 0 Å². The van der Waals surface area contributed by atoms with Gasteiger partial charge < -0.3 is 10.2 Å². The van der Waals surface area contributed by atoms with E-state index in [-0.39, 0.29) is 0 Å². The van der Waals surface area contributed by atoms with Crippen LogP contribution in [0.3, 0.4) is 0 Å². The molecule has 2 rings (SSSR count). The predicted octanol–water partition coefficient (Wildman–Crippen LogP) is 3.59. The fourth-order valence-corrected chi connectivity index (χ4v) is 3.26. The van der Waals surface area contributed by atoms with Gasteiger partial charge in [0.1, 0.15) is 0 Å². The maximum atomic E-state index is 4.77. The highest BCUT2D eigenvalue weighted by atomic mass is 15.1. The van der Waals surface area contributed by atoms with Gasteiger partial charge in [0.15, 0.2) is 0 Å². The average Bonchev–Trinajstić information content (AvgIpc) is 2.49. The predicted molar refractivity (Wildman–Crippen MR) is 89.1 cm³/mol. The molecular weight excluding hydrogens is 258 g/mol. The van der Waals surface area contributed by atoms with Gasteiger partial charge in [-0.3, -0.25) is 4.98 Å². The van der Waals surface area contributed by atoms with Crippen molar-refractivity contribution < 1.29 is 0 Å². The molecular formula is C18H31N3. The van der Waals surface area contributed by atoms with Crippen LogP contribution in [-0.2, 0) is 13.1 Å². The van der Waals surface area contributed by atoms with Crippen molar-refractivity contribution in [3.05, 3.63) is 29.6 Å².